The first-order chi connectivity index (χ1) is 0. The topological polar surface area (TPSA) is 85.5 Å². The smallest absolute Gasteiger partial charge is 2.00 e. The zero-order valence-electron chi connectivity index (χ0n) is 2.04. The van der Waals surface area contributed by atoms with Crippen molar-refractivity contribution in [3.05, 3.63) is 0 Å². The van der Waals surface area contributed by atoms with E-state index in [-0.39, 0.29) is 58.6 Å². The molecule has 0 saturated heterocycles. The molecule has 0 aliphatic carbocycles. The summed E-state index contributed by atoms with van der Waals surface area (Å²) in [6, 6.07) is 0. The van der Waals surface area contributed by atoms with Gasteiger partial charge in [-0.15, -0.1) is 0 Å². The summed E-state index contributed by atoms with van der Waals surface area (Å²) in [5.41, 5.74) is 0. The molecule has 0 atom stereocenters. The van der Waals surface area contributed by atoms with Gasteiger partial charge >= 0.3 is 42.1 Å². The molecule has 0 spiro atoms. The second-order valence-electron chi connectivity index (χ2n) is 0. The first-order valence-electron chi connectivity index (χ1n) is 0. The van der Waals surface area contributed by atoms with Crippen LogP contribution >= 0.6 is 0 Å². The van der Waals surface area contributed by atoms with Gasteiger partial charge in [-0.3, -0.25) is 0 Å². The fourth-order valence-corrected chi connectivity index (χ4v) is 0. The van der Waals surface area contributed by atoms with Crippen molar-refractivity contribution >= 4 is 0 Å². The molecule has 0 saturated carbocycles. The Morgan fingerprint density at radius 1 is 0.600 bits per heavy atom. The van der Waals surface area contributed by atoms with Crippen molar-refractivity contribution in [2.45, 2.75) is 0 Å². The molecule has 0 heterocycles. The van der Waals surface area contributed by atoms with Gasteiger partial charge in [0, 0.05) is 0 Å². The average Bonchev–Trinajstić information content (AvgIpc) is 0. The summed E-state index contributed by atoms with van der Waals surface area (Å²) in [4.78, 5) is 0. The van der Waals surface area contributed by atoms with Crippen molar-refractivity contribution < 1.29 is 58.6 Å². The fourth-order valence-electron chi connectivity index (χ4n) is 0. The molecule has 0 rings (SSSR count). The molecule has 0 aliphatic rings. The molecular weight excluding hydrogens is 202 g/mol. The first kappa shape index (κ1) is 109. The van der Waals surface area contributed by atoms with Crippen molar-refractivity contribution in [2.24, 2.45) is 0 Å². The summed E-state index contributed by atoms with van der Waals surface area (Å²) in [7, 11) is 0. The van der Waals surface area contributed by atoms with Crippen LogP contribution in [0.25, 0.3) is 0 Å². The van der Waals surface area contributed by atoms with Gasteiger partial charge in [0.1, 0.15) is 0 Å². The Morgan fingerprint density at radius 2 is 0.600 bits per heavy atom. The van der Waals surface area contributed by atoms with E-state index in [1.807, 2.05) is 0 Å². The van der Waals surface area contributed by atoms with Crippen LogP contribution in [0.3, 0.4) is 0 Å². The van der Waals surface area contributed by atoms with Gasteiger partial charge in [0.15, 0.2) is 0 Å². The molecule has 0 aromatic carbocycles. The van der Waals surface area contributed by atoms with Crippen LogP contribution in [0.5, 0.6) is 0 Å². The van der Waals surface area contributed by atoms with E-state index in [1.165, 1.54) is 0 Å². The van der Waals surface area contributed by atoms with E-state index in [9.17, 15) is 0 Å². The van der Waals surface area contributed by atoms with Crippen LogP contribution in [0.2, 0.25) is 0 Å². The summed E-state index contributed by atoms with van der Waals surface area (Å²) in [5, 5.41) is 0. The van der Waals surface area contributed by atoms with Crippen LogP contribution in [0, 0.1) is 0 Å². The minimum absolute atomic E-state index is 0. The minimum atomic E-state index is 0. The van der Waals surface area contributed by atoms with Gasteiger partial charge in [-0.1, -0.05) is 0 Å². The van der Waals surface area contributed by atoms with Gasteiger partial charge < -0.3 is 16.4 Å². The van der Waals surface area contributed by atoms with E-state index in [4.69, 9.17) is 0 Å². The van der Waals surface area contributed by atoms with E-state index >= 15 is 0 Å². The van der Waals surface area contributed by atoms with E-state index in [0.717, 1.165) is 0 Å². The van der Waals surface area contributed by atoms with Gasteiger partial charge in [-0.05, 0) is 0 Å². The van der Waals surface area contributed by atoms with Gasteiger partial charge in [0.25, 0.3) is 0 Å². The monoisotopic (exact) mass is 202 g/mol. The zero-order valence-corrected chi connectivity index (χ0v) is 5.16. The molecule has 0 unspecified atom stereocenters. The Hall–Kier alpha value is 1.26. The van der Waals surface area contributed by atoms with Crippen molar-refractivity contribution in [1.82, 2.24) is 0 Å². The largest absolute Gasteiger partial charge is 4.00 e. The van der Waals surface area contributed by atoms with E-state index in [1.54, 1.807) is 0 Å². The second kappa shape index (κ2) is 60.3. The second-order valence-corrected chi connectivity index (χ2v) is 0. The molecule has 5 heteroatoms. The Balaban J connectivity index is 0. The van der Waals surface area contributed by atoms with Crippen LogP contribution in [-0.4, -0.2) is 0 Å². The van der Waals surface area contributed by atoms with E-state index in [0.29, 0.717) is 0 Å². The Bertz CT molecular complexity index is 6.85. The van der Waals surface area contributed by atoms with E-state index in [2.05, 4.69) is 0 Å². The SMILES string of the molecule is [O-2].[O-2].[O-2].[Pd+2].[Ti+4]. The summed E-state index contributed by atoms with van der Waals surface area (Å²) in [6.45, 7) is 0. The maximum absolute atomic E-state index is 0. The molecule has 0 radical (unpaired) electrons. The van der Waals surface area contributed by atoms with Gasteiger partial charge in [-0.25, -0.2) is 0 Å². The quantitative estimate of drug-likeness (QED) is 0.480. The first-order valence-corrected chi connectivity index (χ1v) is 0. The molecule has 0 bridgehead atoms. The molecule has 5 heavy (non-hydrogen) atoms. The summed E-state index contributed by atoms with van der Waals surface area (Å²) >= 11 is 0. The van der Waals surface area contributed by atoms with Crippen LogP contribution in [-0.2, 0) is 58.6 Å². The van der Waals surface area contributed by atoms with Crippen LogP contribution < -0.4 is 0 Å². The van der Waals surface area contributed by atoms with Crippen LogP contribution in [0.1, 0.15) is 0 Å². The van der Waals surface area contributed by atoms with Crippen molar-refractivity contribution in [3.63, 3.8) is 0 Å². The maximum atomic E-state index is 0. The average molecular weight is 202 g/mol. The molecule has 0 aromatic heterocycles. The molecule has 0 aliphatic heterocycles. The van der Waals surface area contributed by atoms with Gasteiger partial charge in [0.05, 0.1) is 0 Å². The minimum Gasteiger partial charge on any atom is -2.00 e. The van der Waals surface area contributed by atoms with Crippen LogP contribution in [0.4, 0.5) is 0 Å². The number of hydrogen-bond acceptors (Lipinski definition) is 0. The Morgan fingerprint density at radius 3 is 0.600 bits per heavy atom. The maximum Gasteiger partial charge on any atom is 4.00 e. The third-order valence-electron chi connectivity index (χ3n) is 0. The summed E-state index contributed by atoms with van der Waals surface area (Å²) in [6.07, 6.45) is 0. The molecule has 0 fully saturated rings. The molecule has 0 N–H and O–H groups in total. The molecular formula is O3PdTi. The third-order valence-corrected chi connectivity index (χ3v) is 0. The molecule has 32 valence electrons. The number of hydrogen-bond donors (Lipinski definition) is 0. The Kier molecular flexibility index (Phi) is 1320. The predicted octanol–water partition coefficient (Wildman–Crippen LogP) is -0.361. The standard InChI is InChI=1S/3O.Pd.Ti/q3*-2;+2;+4. The zero-order chi connectivity index (χ0) is 0. The van der Waals surface area contributed by atoms with Crippen molar-refractivity contribution in [1.29, 1.82) is 0 Å². The molecule has 0 amide bonds. The molecule has 0 aromatic rings. The summed E-state index contributed by atoms with van der Waals surface area (Å²) in [5.74, 6) is 0. The summed E-state index contributed by atoms with van der Waals surface area (Å²) < 4.78 is 0. The fraction of sp³-hybridized carbons (Fsp3) is 0. The molecule has 3 nitrogen and oxygen atoms in total. The Labute approximate surface area is 58.6 Å². The van der Waals surface area contributed by atoms with E-state index < -0.39 is 0 Å². The van der Waals surface area contributed by atoms with Gasteiger partial charge in [0.2, 0.25) is 0 Å². The van der Waals surface area contributed by atoms with Crippen LogP contribution in [0.15, 0.2) is 0 Å². The predicted molar refractivity (Wildman–Crippen MR) is 2.06 cm³/mol. The number of rotatable bonds is 0. The van der Waals surface area contributed by atoms with Crippen molar-refractivity contribution in [2.75, 3.05) is 0 Å². The normalized spacial score (nSPS) is 0. The third kappa shape index (κ3) is 35.3. The van der Waals surface area contributed by atoms with Crippen molar-refractivity contribution in [3.8, 4) is 0 Å². The van der Waals surface area contributed by atoms with Gasteiger partial charge in [-0.2, -0.15) is 0 Å².